The monoisotopic (exact) mass is 260 g/mol. The molecule has 2 aliphatic rings. The van der Waals surface area contributed by atoms with E-state index in [4.69, 9.17) is 0 Å². The largest absolute Gasteiger partial charge is 0.355 e. The van der Waals surface area contributed by atoms with Gasteiger partial charge in [-0.15, -0.1) is 0 Å². The zero-order chi connectivity index (χ0) is 13.4. The maximum Gasteiger partial charge on any atom is 0.226 e. The topological polar surface area (TPSA) is 58.1 Å². The minimum Gasteiger partial charge on any atom is -0.355 e. The number of hydrogen-bond acceptors (Lipinski definition) is 4. The summed E-state index contributed by atoms with van der Waals surface area (Å²) >= 11 is 0. The molecule has 0 unspecified atom stereocenters. The molecule has 2 fully saturated rings. The summed E-state index contributed by atoms with van der Waals surface area (Å²) in [4.78, 5) is 22.8. The Morgan fingerprint density at radius 3 is 2.79 bits per heavy atom. The van der Waals surface area contributed by atoms with Crippen LogP contribution in [0.3, 0.4) is 0 Å². The summed E-state index contributed by atoms with van der Waals surface area (Å²) in [6.45, 7) is 5.71. The third-order valence-corrected chi connectivity index (χ3v) is 3.68. The van der Waals surface area contributed by atoms with Crippen molar-refractivity contribution in [3.8, 4) is 0 Å². The molecule has 0 spiro atoms. The van der Waals surface area contributed by atoms with Gasteiger partial charge in [-0.05, 0) is 18.9 Å². The van der Waals surface area contributed by atoms with Gasteiger partial charge in [0, 0.05) is 31.2 Å². The molecule has 2 heterocycles. The molecule has 1 aliphatic carbocycles. The van der Waals surface area contributed by atoms with E-state index in [9.17, 15) is 4.79 Å². The number of nitrogens with zero attached hydrogens (tertiary/aromatic N) is 3. The molecule has 102 valence electrons. The van der Waals surface area contributed by atoms with Gasteiger partial charge >= 0.3 is 0 Å². The molecule has 0 atom stereocenters. The van der Waals surface area contributed by atoms with Crippen LogP contribution in [0.1, 0.15) is 38.4 Å². The normalized spacial score (nSPS) is 19.4. The number of hydrogen-bond donors (Lipinski definition) is 1. The number of amides is 1. The first-order valence-electron chi connectivity index (χ1n) is 7.01. The first-order valence-corrected chi connectivity index (χ1v) is 7.01. The zero-order valence-electron chi connectivity index (χ0n) is 11.5. The molecule has 0 aromatic carbocycles. The molecule has 19 heavy (non-hydrogen) atoms. The molecule has 5 nitrogen and oxygen atoms in total. The van der Waals surface area contributed by atoms with E-state index >= 15 is 0 Å². The van der Waals surface area contributed by atoms with Crippen molar-refractivity contribution in [2.45, 2.75) is 38.6 Å². The summed E-state index contributed by atoms with van der Waals surface area (Å²) in [6, 6.07) is 2.37. The van der Waals surface area contributed by atoms with Gasteiger partial charge in [-0.3, -0.25) is 4.79 Å². The maximum absolute atomic E-state index is 11.9. The van der Waals surface area contributed by atoms with Crippen LogP contribution in [0, 0.1) is 5.92 Å². The second-order valence-electron chi connectivity index (χ2n) is 5.81. The fraction of sp³-hybridized carbons (Fsp3) is 0.643. The minimum absolute atomic E-state index is 0.123. The lowest BCUT2D eigenvalue weighted by atomic mass is 9.99. The molecule has 1 saturated heterocycles. The van der Waals surface area contributed by atoms with E-state index < -0.39 is 0 Å². The van der Waals surface area contributed by atoms with Crippen LogP contribution in [-0.2, 0) is 4.79 Å². The molecule has 3 rings (SSSR count). The second-order valence-corrected chi connectivity index (χ2v) is 5.81. The third-order valence-electron chi connectivity index (χ3n) is 3.68. The SMILES string of the molecule is CC(C)c1nccc(N2CC(C(=O)NC3CC3)C2)n1. The van der Waals surface area contributed by atoms with E-state index in [1.54, 1.807) is 6.20 Å². The van der Waals surface area contributed by atoms with Crippen molar-refractivity contribution in [1.29, 1.82) is 0 Å². The highest BCUT2D eigenvalue weighted by Gasteiger charge is 2.36. The third kappa shape index (κ3) is 2.69. The van der Waals surface area contributed by atoms with Crippen LogP contribution in [0.5, 0.6) is 0 Å². The van der Waals surface area contributed by atoms with E-state index in [0.29, 0.717) is 12.0 Å². The van der Waals surface area contributed by atoms with E-state index in [-0.39, 0.29) is 11.8 Å². The molecule has 0 bridgehead atoms. The lowest BCUT2D eigenvalue weighted by Crippen LogP contribution is -2.54. The average molecular weight is 260 g/mol. The standard InChI is InChI=1S/C14H20N4O/c1-9(2)13-15-6-5-12(17-13)18-7-10(8-18)14(19)16-11-3-4-11/h5-6,9-11H,3-4,7-8H2,1-2H3,(H,16,19). The van der Waals surface area contributed by atoms with Crippen LogP contribution in [0.2, 0.25) is 0 Å². The van der Waals surface area contributed by atoms with E-state index in [1.807, 2.05) is 6.07 Å². The van der Waals surface area contributed by atoms with Crippen LogP contribution in [0.4, 0.5) is 5.82 Å². The molecule has 0 radical (unpaired) electrons. The lowest BCUT2D eigenvalue weighted by molar-refractivity contribution is -0.125. The first kappa shape index (κ1) is 12.4. The summed E-state index contributed by atoms with van der Waals surface area (Å²) < 4.78 is 0. The Morgan fingerprint density at radius 2 is 2.16 bits per heavy atom. The Hall–Kier alpha value is -1.65. The highest BCUT2D eigenvalue weighted by Crippen LogP contribution is 2.25. The second kappa shape index (κ2) is 4.79. The molecule has 1 saturated carbocycles. The van der Waals surface area contributed by atoms with Crippen LogP contribution in [0.15, 0.2) is 12.3 Å². The highest BCUT2D eigenvalue weighted by atomic mass is 16.2. The van der Waals surface area contributed by atoms with Gasteiger partial charge in [0.1, 0.15) is 11.6 Å². The van der Waals surface area contributed by atoms with Crippen molar-refractivity contribution < 1.29 is 4.79 Å². The summed E-state index contributed by atoms with van der Waals surface area (Å²) in [7, 11) is 0. The molecule has 5 heteroatoms. The van der Waals surface area contributed by atoms with Crippen LogP contribution in [0.25, 0.3) is 0 Å². The van der Waals surface area contributed by atoms with Crippen molar-refractivity contribution in [3.63, 3.8) is 0 Å². The van der Waals surface area contributed by atoms with Gasteiger partial charge in [-0.2, -0.15) is 0 Å². The number of anilines is 1. The predicted molar refractivity (Wildman–Crippen MR) is 73.0 cm³/mol. The van der Waals surface area contributed by atoms with Crippen LogP contribution >= 0.6 is 0 Å². The van der Waals surface area contributed by atoms with E-state index in [0.717, 1.165) is 37.6 Å². The van der Waals surface area contributed by atoms with Gasteiger partial charge in [-0.1, -0.05) is 13.8 Å². The minimum atomic E-state index is 0.123. The molecule has 1 aromatic rings. The maximum atomic E-state index is 11.9. The number of rotatable bonds is 4. The van der Waals surface area contributed by atoms with Crippen molar-refractivity contribution in [3.05, 3.63) is 18.1 Å². The van der Waals surface area contributed by atoms with E-state index in [1.165, 1.54) is 0 Å². The van der Waals surface area contributed by atoms with Gasteiger partial charge in [0.25, 0.3) is 0 Å². The van der Waals surface area contributed by atoms with Crippen molar-refractivity contribution in [1.82, 2.24) is 15.3 Å². The first-order chi connectivity index (χ1) is 9.13. The number of carbonyl (C=O) groups excluding carboxylic acids is 1. The molecular weight excluding hydrogens is 240 g/mol. The van der Waals surface area contributed by atoms with Crippen LogP contribution in [-0.4, -0.2) is 35.0 Å². The lowest BCUT2D eigenvalue weighted by Gasteiger charge is -2.39. The van der Waals surface area contributed by atoms with Gasteiger partial charge in [0.2, 0.25) is 5.91 Å². The summed E-state index contributed by atoms with van der Waals surface area (Å²) in [6.07, 6.45) is 4.09. The van der Waals surface area contributed by atoms with Crippen LogP contribution < -0.4 is 10.2 Å². The molecule has 1 N–H and O–H groups in total. The Bertz CT molecular complexity index is 478. The molecule has 1 aromatic heterocycles. The van der Waals surface area contributed by atoms with Crippen molar-refractivity contribution >= 4 is 11.7 Å². The van der Waals surface area contributed by atoms with Gasteiger partial charge in [-0.25, -0.2) is 9.97 Å². The quantitative estimate of drug-likeness (QED) is 0.887. The van der Waals surface area contributed by atoms with Gasteiger partial charge in [0.05, 0.1) is 5.92 Å². The fourth-order valence-corrected chi connectivity index (χ4v) is 2.20. The predicted octanol–water partition coefficient (Wildman–Crippen LogP) is 1.31. The molecule has 1 aliphatic heterocycles. The van der Waals surface area contributed by atoms with E-state index in [2.05, 4.69) is 34.0 Å². The summed E-state index contributed by atoms with van der Waals surface area (Å²) in [5.74, 6) is 2.46. The van der Waals surface area contributed by atoms with Gasteiger partial charge in [0.15, 0.2) is 0 Å². The summed E-state index contributed by atoms with van der Waals surface area (Å²) in [5, 5.41) is 3.06. The van der Waals surface area contributed by atoms with Crippen molar-refractivity contribution in [2.24, 2.45) is 5.92 Å². The van der Waals surface area contributed by atoms with Crippen molar-refractivity contribution in [2.75, 3.05) is 18.0 Å². The fourth-order valence-electron chi connectivity index (χ4n) is 2.20. The Labute approximate surface area is 113 Å². The number of carbonyl (C=O) groups is 1. The number of nitrogens with one attached hydrogen (secondary N) is 1. The average Bonchev–Trinajstić information content (AvgIpc) is 3.11. The zero-order valence-corrected chi connectivity index (χ0v) is 11.5. The molecule has 1 amide bonds. The number of aromatic nitrogens is 2. The Morgan fingerprint density at radius 1 is 1.42 bits per heavy atom. The smallest absolute Gasteiger partial charge is 0.226 e. The molecular formula is C14H20N4O. The van der Waals surface area contributed by atoms with Gasteiger partial charge < -0.3 is 10.2 Å². The summed E-state index contributed by atoms with van der Waals surface area (Å²) in [5.41, 5.74) is 0. The highest BCUT2D eigenvalue weighted by molar-refractivity contribution is 5.82. The Kier molecular flexibility index (Phi) is 3.12. The Balaban J connectivity index is 1.57.